The maximum atomic E-state index is 5.98. The normalized spacial score (nSPS) is 14.1. The van der Waals surface area contributed by atoms with Crippen molar-refractivity contribution in [3.05, 3.63) is 39.6 Å². The fourth-order valence-corrected chi connectivity index (χ4v) is 2.48. The standard InChI is InChI=1S/C14H14Cl2N4O/c1-7-12(20-17)18-13(8-2-3-8)19-14(7)21-11-5-9(15)4-10(16)6-11/h4-6,8H,2-3,17H2,1H3,(H,18,19,20). The monoisotopic (exact) mass is 324 g/mol. The van der Waals surface area contributed by atoms with E-state index < -0.39 is 0 Å². The third-order valence-electron chi connectivity index (χ3n) is 3.25. The first kappa shape index (κ1) is 14.4. The molecule has 5 nitrogen and oxygen atoms in total. The van der Waals surface area contributed by atoms with E-state index in [1.54, 1.807) is 18.2 Å². The van der Waals surface area contributed by atoms with Crippen LogP contribution in [0.3, 0.4) is 0 Å². The molecular formula is C14H14Cl2N4O. The lowest BCUT2D eigenvalue weighted by atomic mass is 10.3. The smallest absolute Gasteiger partial charge is 0.227 e. The zero-order valence-corrected chi connectivity index (χ0v) is 12.9. The van der Waals surface area contributed by atoms with Gasteiger partial charge in [0.05, 0.1) is 5.56 Å². The van der Waals surface area contributed by atoms with Gasteiger partial charge >= 0.3 is 0 Å². The number of nitrogens with zero attached hydrogens (tertiary/aromatic N) is 2. The average Bonchev–Trinajstić information content (AvgIpc) is 3.24. The first-order chi connectivity index (χ1) is 10.1. The van der Waals surface area contributed by atoms with Gasteiger partial charge in [0, 0.05) is 16.0 Å². The van der Waals surface area contributed by atoms with Gasteiger partial charge < -0.3 is 10.2 Å². The minimum atomic E-state index is 0.392. The Morgan fingerprint density at radius 2 is 1.86 bits per heavy atom. The Morgan fingerprint density at radius 3 is 2.43 bits per heavy atom. The third kappa shape index (κ3) is 3.20. The molecule has 110 valence electrons. The number of hydrogen-bond acceptors (Lipinski definition) is 5. The lowest BCUT2D eigenvalue weighted by Gasteiger charge is -2.13. The number of ether oxygens (including phenoxy) is 1. The summed E-state index contributed by atoms with van der Waals surface area (Å²) >= 11 is 12.0. The highest BCUT2D eigenvalue weighted by Crippen LogP contribution is 2.40. The molecule has 0 atom stereocenters. The Kier molecular flexibility index (Phi) is 3.89. The number of nitrogens with two attached hydrogens (primary N) is 1. The van der Waals surface area contributed by atoms with Crippen LogP contribution in [0, 0.1) is 6.92 Å². The molecule has 0 saturated heterocycles. The van der Waals surface area contributed by atoms with E-state index >= 15 is 0 Å². The largest absolute Gasteiger partial charge is 0.438 e. The van der Waals surface area contributed by atoms with Crippen molar-refractivity contribution in [3.63, 3.8) is 0 Å². The number of nitrogen functional groups attached to an aromatic ring is 1. The number of rotatable bonds is 4. The summed E-state index contributed by atoms with van der Waals surface area (Å²) in [6.07, 6.45) is 2.19. The molecule has 0 aliphatic heterocycles. The number of halogens is 2. The van der Waals surface area contributed by atoms with Crippen LogP contribution in [0.15, 0.2) is 18.2 Å². The molecule has 1 aliphatic carbocycles. The molecule has 1 aliphatic rings. The SMILES string of the molecule is Cc1c(NN)nc(C2CC2)nc1Oc1cc(Cl)cc(Cl)c1. The van der Waals surface area contributed by atoms with E-state index in [2.05, 4.69) is 15.4 Å². The molecule has 0 unspecified atom stereocenters. The van der Waals surface area contributed by atoms with Gasteiger partial charge in [0.15, 0.2) is 5.82 Å². The van der Waals surface area contributed by atoms with Crippen molar-refractivity contribution in [3.8, 4) is 11.6 Å². The second-order valence-corrected chi connectivity index (χ2v) is 5.86. The molecule has 7 heteroatoms. The predicted octanol–water partition coefficient (Wildman–Crippen LogP) is 4.05. The topological polar surface area (TPSA) is 73.1 Å². The molecule has 1 fully saturated rings. The molecule has 3 rings (SSSR count). The van der Waals surface area contributed by atoms with E-state index in [1.165, 1.54) is 0 Å². The van der Waals surface area contributed by atoms with E-state index in [9.17, 15) is 0 Å². The summed E-state index contributed by atoms with van der Waals surface area (Å²) in [5, 5.41) is 1.01. The summed E-state index contributed by atoms with van der Waals surface area (Å²) in [6, 6.07) is 5.01. The van der Waals surface area contributed by atoms with Crippen molar-refractivity contribution in [2.75, 3.05) is 5.43 Å². The van der Waals surface area contributed by atoms with Gasteiger partial charge in [0.2, 0.25) is 5.88 Å². The summed E-state index contributed by atoms with van der Waals surface area (Å²) in [7, 11) is 0. The summed E-state index contributed by atoms with van der Waals surface area (Å²) in [6.45, 7) is 1.84. The molecule has 0 radical (unpaired) electrons. The first-order valence-corrected chi connectivity index (χ1v) is 7.31. The van der Waals surface area contributed by atoms with Gasteiger partial charge in [-0.25, -0.2) is 10.8 Å². The van der Waals surface area contributed by atoms with Crippen LogP contribution in [0.25, 0.3) is 0 Å². The van der Waals surface area contributed by atoms with E-state index in [0.717, 1.165) is 24.2 Å². The number of aromatic nitrogens is 2. The lowest BCUT2D eigenvalue weighted by molar-refractivity contribution is 0.455. The Morgan fingerprint density at radius 1 is 1.19 bits per heavy atom. The zero-order valence-electron chi connectivity index (χ0n) is 11.4. The molecule has 0 bridgehead atoms. The Hall–Kier alpha value is -1.56. The quantitative estimate of drug-likeness (QED) is 0.655. The highest BCUT2D eigenvalue weighted by molar-refractivity contribution is 6.34. The molecule has 1 aromatic carbocycles. The Bertz CT molecular complexity index is 669. The van der Waals surface area contributed by atoms with Gasteiger partial charge in [-0.1, -0.05) is 23.2 Å². The molecule has 21 heavy (non-hydrogen) atoms. The van der Waals surface area contributed by atoms with Crippen LogP contribution >= 0.6 is 23.2 Å². The molecule has 2 aromatic rings. The second-order valence-electron chi connectivity index (χ2n) is 4.99. The van der Waals surface area contributed by atoms with Gasteiger partial charge in [0.1, 0.15) is 11.6 Å². The van der Waals surface area contributed by atoms with Crippen LogP contribution in [0.5, 0.6) is 11.6 Å². The number of hydrazine groups is 1. The van der Waals surface area contributed by atoms with Crippen molar-refractivity contribution >= 4 is 29.0 Å². The van der Waals surface area contributed by atoms with Gasteiger partial charge in [-0.15, -0.1) is 0 Å². The summed E-state index contributed by atoms with van der Waals surface area (Å²) in [5.41, 5.74) is 3.32. The van der Waals surface area contributed by atoms with Gasteiger partial charge in [-0.2, -0.15) is 4.98 Å². The van der Waals surface area contributed by atoms with Gasteiger partial charge in [-0.3, -0.25) is 0 Å². The van der Waals surface area contributed by atoms with Crippen molar-refractivity contribution in [2.24, 2.45) is 5.84 Å². The number of anilines is 1. The molecule has 1 saturated carbocycles. The highest BCUT2D eigenvalue weighted by Gasteiger charge is 2.28. The van der Waals surface area contributed by atoms with Crippen LogP contribution in [-0.4, -0.2) is 9.97 Å². The van der Waals surface area contributed by atoms with E-state index in [4.69, 9.17) is 33.8 Å². The van der Waals surface area contributed by atoms with E-state index in [0.29, 0.717) is 33.4 Å². The number of hydrogen-bond donors (Lipinski definition) is 2. The Labute approximate surface area is 132 Å². The molecule has 0 amide bonds. The second kappa shape index (κ2) is 5.67. The average molecular weight is 325 g/mol. The fourth-order valence-electron chi connectivity index (χ4n) is 1.98. The molecule has 1 aromatic heterocycles. The van der Waals surface area contributed by atoms with Gasteiger partial charge in [-0.05, 0) is 38.0 Å². The minimum absolute atomic E-state index is 0.392. The van der Waals surface area contributed by atoms with Crippen molar-refractivity contribution in [1.82, 2.24) is 9.97 Å². The number of nitrogens with one attached hydrogen (secondary N) is 1. The van der Waals surface area contributed by atoms with Crippen LogP contribution in [0.1, 0.15) is 30.1 Å². The maximum absolute atomic E-state index is 5.98. The maximum Gasteiger partial charge on any atom is 0.227 e. The Balaban J connectivity index is 1.98. The van der Waals surface area contributed by atoms with Crippen molar-refractivity contribution in [1.29, 1.82) is 0 Å². The van der Waals surface area contributed by atoms with E-state index in [1.807, 2.05) is 6.92 Å². The van der Waals surface area contributed by atoms with Crippen LogP contribution in [0.2, 0.25) is 10.0 Å². The summed E-state index contributed by atoms with van der Waals surface area (Å²) in [5.74, 6) is 8.20. The molecule has 3 N–H and O–H groups in total. The predicted molar refractivity (Wildman–Crippen MR) is 83.1 cm³/mol. The van der Waals surface area contributed by atoms with Crippen LogP contribution < -0.4 is 16.0 Å². The van der Waals surface area contributed by atoms with Crippen molar-refractivity contribution in [2.45, 2.75) is 25.7 Å². The summed E-state index contributed by atoms with van der Waals surface area (Å²) in [4.78, 5) is 8.89. The molecule has 0 spiro atoms. The lowest BCUT2D eigenvalue weighted by Crippen LogP contribution is -2.13. The fraction of sp³-hybridized carbons (Fsp3) is 0.286. The molecular weight excluding hydrogens is 311 g/mol. The summed E-state index contributed by atoms with van der Waals surface area (Å²) < 4.78 is 5.82. The third-order valence-corrected chi connectivity index (χ3v) is 3.68. The zero-order chi connectivity index (χ0) is 15.0. The highest BCUT2D eigenvalue weighted by atomic mass is 35.5. The van der Waals surface area contributed by atoms with Gasteiger partial charge in [0.25, 0.3) is 0 Å². The number of benzene rings is 1. The molecule has 1 heterocycles. The van der Waals surface area contributed by atoms with Crippen molar-refractivity contribution < 1.29 is 4.74 Å². The minimum Gasteiger partial charge on any atom is -0.438 e. The first-order valence-electron chi connectivity index (χ1n) is 6.56. The van der Waals surface area contributed by atoms with Crippen LogP contribution in [0.4, 0.5) is 5.82 Å². The van der Waals surface area contributed by atoms with E-state index in [-0.39, 0.29) is 0 Å². The van der Waals surface area contributed by atoms with Crippen LogP contribution in [-0.2, 0) is 0 Å².